The normalized spacial score (nSPS) is 10.1. The molecule has 0 bridgehead atoms. The highest BCUT2D eigenvalue weighted by Crippen LogP contribution is 2.37. The van der Waals surface area contributed by atoms with E-state index in [2.05, 4.69) is 31.9 Å². The van der Waals surface area contributed by atoms with E-state index in [0.29, 0.717) is 20.3 Å². The molecule has 0 unspecified atom stereocenters. The Bertz CT molecular complexity index is 587. The van der Waals surface area contributed by atoms with Crippen molar-refractivity contribution in [2.45, 2.75) is 27.7 Å². The maximum Gasteiger partial charge on any atom is 0.230 e. The Morgan fingerprint density at radius 2 is 0.909 bits per heavy atom. The van der Waals surface area contributed by atoms with E-state index in [1.807, 2.05) is 0 Å². The lowest BCUT2D eigenvalue weighted by atomic mass is 10.2. The molecule has 4 amide bonds. The summed E-state index contributed by atoms with van der Waals surface area (Å²) in [7, 11) is 0. The number of benzene rings is 1. The second kappa shape index (κ2) is 7.15. The highest BCUT2D eigenvalue weighted by atomic mass is 79.9. The molecule has 0 radical (unpaired) electrons. The summed E-state index contributed by atoms with van der Waals surface area (Å²) in [6.45, 7) is 5.08. The molecule has 6 nitrogen and oxygen atoms in total. The van der Waals surface area contributed by atoms with Crippen molar-refractivity contribution in [1.29, 1.82) is 0 Å². The molecule has 0 saturated heterocycles. The third-order valence-electron chi connectivity index (χ3n) is 2.76. The minimum absolute atomic E-state index is 0.322. The van der Waals surface area contributed by atoms with Crippen LogP contribution in [0.25, 0.3) is 0 Å². The number of halogens is 2. The second-order valence-electron chi connectivity index (χ2n) is 4.50. The van der Waals surface area contributed by atoms with Crippen molar-refractivity contribution in [2.24, 2.45) is 0 Å². The van der Waals surface area contributed by atoms with Gasteiger partial charge in [0.2, 0.25) is 23.6 Å². The Labute approximate surface area is 144 Å². The van der Waals surface area contributed by atoms with Gasteiger partial charge in [-0.2, -0.15) is 0 Å². The van der Waals surface area contributed by atoms with E-state index in [9.17, 15) is 19.2 Å². The maximum atomic E-state index is 11.6. The highest BCUT2D eigenvalue weighted by molar-refractivity contribution is 9.11. The summed E-state index contributed by atoms with van der Waals surface area (Å²) in [5.74, 6) is -1.77. The van der Waals surface area contributed by atoms with E-state index in [0.717, 1.165) is 9.80 Å². The summed E-state index contributed by atoms with van der Waals surface area (Å²) in [5, 5.41) is 0. The third kappa shape index (κ3) is 3.80. The lowest BCUT2D eigenvalue weighted by Gasteiger charge is -2.23. The number of carbonyl (C=O) groups excluding carboxylic acids is 4. The number of nitrogens with zero attached hydrogens (tertiary/aromatic N) is 2. The minimum Gasteiger partial charge on any atom is -0.274 e. The predicted octanol–water partition coefficient (Wildman–Crippen LogP) is 3.01. The zero-order chi connectivity index (χ0) is 17.2. The Morgan fingerprint density at radius 3 is 1.09 bits per heavy atom. The van der Waals surface area contributed by atoms with Crippen molar-refractivity contribution in [1.82, 2.24) is 0 Å². The van der Waals surface area contributed by atoms with Crippen LogP contribution in [0, 0.1) is 0 Å². The average molecular weight is 434 g/mol. The molecule has 0 aromatic heterocycles. The summed E-state index contributed by atoms with van der Waals surface area (Å²) in [4.78, 5) is 48.5. The molecule has 0 N–H and O–H groups in total. The first kappa shape index (κ1) is 18.5. The van der Waals surface area contributed by atoms with E-state index >= 15 is 0 Å². The summed E-state index contributed by atoms with van der Waals surface area (Å²) in [6.07, 6.45) is 0. The molecule has 22 heavy (non-hydrogen) atoms. The molecule has 0 spiro atoms. The molecule has 1 aromatic carbocycles. The Kier molecular flexibility index (Phi) is 6.01. The average Bonchev–Trinajstić information content (AvgIpc) is 2.33. The summed E-state index contributed by atoms with van der Waals surface area (Å²) < 4.78 is 0.812. The fourth-order valence-corrected chi connectivity index (χ4v) is 3.01. The van der Waals surface area contributed by atoms with Crippen molar-refractivity contribution < 1.29 is 19.2 Å². The largest absolute Gasteiger partial charge is 0.274 e. The van der Waals surface area contributed by atoms with Gasteiger partial charge in [0, 0.05) is 36.6 Å². The molecule has 0 saturated carbocycles. The number of rotatable bonds is 2. The van der Waals surface area contributed by atoms with Crippen LogP contribution in [0.1, 0.15) is 27.7 Å². The van der Waals surface area contributed by atoms with Crippen LogP contribution in [0.2, 0.25) is 0 Å². The fourth-order valence-electron chi connectivity index (χ4n) is 1.99. The van der Waals surface area contributed by atoms with Gasteiger partial charge in [0.1, 0.15) is 0 Å². The first-order chi connectivity index (χ1) is 10.1. The molecule has 0 fully saturated rings. The monoisotopic (exact) mass is 432 g/mol. The van der Waals surface area contributed by atoms with Gasteiger partial charge in [-0.05, 0) is 44.0 Å². The SMILES string of the molecule is CC(=O)N(C(C)=O)c1cc(Br)c(N(C(C)=O)C(C)=O)cc1Br. The van der Waals surface area contributed by atoms with Gasteiger partial charge in [-0.25, -0.2) is 9.80 Å². The van der Waals surface area contributed by atoms with Crippen molar-refractivity contribution >= 4 is 66.9 Å². The van der Waals surface area contributed by atoms with Gasteiger partial charge in [0.15, 0.2) is 0 Å². The smallest absolute Gasteiger partial charge is 0.230 e. The zero-order valence-electron chi connectivity index (χ0n) is 12.4. The Balaban J connectivity index is 3.51. The quantitative estimate of drug-likeness (QED) is 0.718. The second-order valence-corrected chi connectivity index (χ2v) is 6.21. The van der Waals surface area contributed by atoms with Crippen molar-refractivity contribution in [3.05, 3.63) is 21.1 Å². The first-order valence-electron chi connectivity index (χ1n) is 6.19. The summed E-state index contributed by atoms with van der Waals surface area (Å²) in [6, 6.07) is 3.00. The maximum absolute atomic E-state index is 11.6. The van der Waals surface area contributed by atoms with Gasteiger partial charge in [0.05, 0.1) is 11.4 Å². The van der Waals surface area contributed by atoms with Gasteiger partial charge in [0.25, 0.3) is 0 Å². The summed E-state index contributed by atoms with van der Waals surface area (Å²) >= 11 is 6.54. The van der Waals surface area contributed by atoms with Gasteiger partial charge in [-0.3, -0.25) is 19.2 Å². The molecule has 1 rings (SSSR count). The predicted molar refractivity (Wildman–Crippen MR) is 89.5 cm³/mol. The molecule has 0 aliphatic rings. The summed E-state index contributed by atoms with van der Waals surface area (Å²) in [5.41, 5.74) is 0.644. The number of hydrogen-bond donors (Lipinski definition) is 0. The van der Waals surface area contributed by atoms with Crippen molar-refractivity contribution in [3.8, 4) is 0 Å². The molecular weight excluding hydrogens is 420 g/mol. The van der Waals surface area contributed by atoms with Crippen LogP contribution >= 0.6 is 31.9 Å². The lowest BCUT2D eigenvalue weighted by Crippen LogP contribution is -2.35. The third-order valence-corrected chi connectivity index (χ3v) is 4.03. The van der Waals surface area contributed by atoms with Gasteiger partial charge in [-0.1, -0.05) is 0 Å². The number of amides is 4. The number of anilines is 2. The molecule has 118 valence electrons. The van der Waals surface area contributed by atoms with Crippen LogP contribution in [-0.4, -0.2) is 23.6 Å². The van der Waals surface area contributed by atoms with E-state index in [1.165, 1.54) is 39.8 Å². The van der Waals surface area contributed by atoms with E-state index < -0.39 is 23.6 Å². The van der Waals surface area contributed by atoms with Gasteiger partial charge < -0.3 is 0 Å². The molecule has 1 aromatic rings. The number of carbonyl (C=O) groups is 4. The molecule has 8 heteroatoms. The van der Waals surface area contributed by atoms with Crippen LogP contribution in [-0.2, 0) is 19.2 Å². The highest BCUT2D eigenvalue weighted by Gasteiger charge is 2.24. The molecular formula is C14H14Br2N2O4. The Morgan fingerprint density at radius 1 is 0.682 bits per heavy atom. The van der Waals surface area contributed by atoms with E-state index in [4.69, 9.17) is 0 Å². The van der Waals surface area contributed by atoms with Crippen LogP contribution in [0.4, 0.5) is 11.4 Å². The van der Waals surface area contributed by atoms with E-state index in [-0.39, 0.29) is 0 Å². The lowest BCUT2D eigenvalue weighted by molar-refractivity contribution is -0.126. The van der Waals surface area contributed by atoms with Crippen LogP contribution in [0.5, 0.6) is 0 Å². The number of hydrogen-bond acceptors (Lipinski definition) is 4. The fraction of sp³-hybridized carbons (Fsp3) is 0.286. The van der Waals surface area contributed by atoms with Crippen LogP contribution < -0.4 is 9.80 Å². The van der Waals surface area contributed by atoms with Gasteiger partial charge >= 0.3 is 0 Å². The van der Waals surface area contributed by atoms with Gasteiger partial charge in [-0.15, -0.1) is 0 Å². The molecule has 0 aliphatic carbocycles. The molecule has 0 aliphatic heterocycles. The van der Waals surface area contributed by atoms with Crippen LogP contribution in [0.3, 0.4) is 0 Å². The molecule has 0 atom stereocenters. The standard InChI is InChI=1S/C14H14Br2N2O4/c1-7(19)17(8(2)20)13-5-12(16)14(6-11(13)15)18(9(3)21)10(4)22/h5-6H,1-4H3. The minimum atomic E-state index is -0.442. The number of imide groups is 2. The first-order valence-corrected chi connectivity index (χ1v) is 7.78. The van der Waals surface area contributed by atoms with Crippen LogP contribution in [0.15, 0.2) is 21.1 Å². The van der Waals surface area contributed by atoms with Crippen molar-refractivity contribution in [2.75, 3.05) is 9.80 Å². The van der Waals surface area contributed by atoms with E-state index in [1.54, 1.807) is 0 Å². The van der Waals surface area contributed by atoms with Crippen molar-refractivity contribution in [3.63, 3.8) is 0 Å². The Hall–Kier alpha value is -1.54. The zero-order valence-corrected chi connectivity index (χ0v) is 15.6. The topological polar surface area (TPSA) is 74.8 Å². The molecule has 0 heterocycles.